The number of hydrogen-bond acceptors (Lipinski definition) is 4. The molecule has 0 saturated carbocycles. The lowest BCUT2D eigenvalue weighted by Gasteiger charge is -2.11. The minimum Gasteiger partial charge on any atom is -0.387 e. The summed E-state index contributed by atoms with van der Waals surface area (Å²) in [6, 6.07) is 1.95. The van der Waals surface area contributed by atoms with Gasteiger partial charge in [0.25, 0.3) is 0 Å². The Balaban J connectivity index is 1.79. The molecule has 4 nitrogen and oxygen atoms in total. The van der Waals surface area contributed by atoms with Crippen molar-refractivity contribution in [2.45, 2.75) is 32.5 Å². The van der Waals surface area contributed by atoms with Crippen LogP contribution in [0.4, 0.5) is 0 Å². The van der Waals surface area contributed by atoms with Gasteiger partial charge in [-0.25, -0.2) is 4.98 Å². The van der Waals surface area contributed by atoms with Gasteiger partial charge in [0.1, 0.15) is 5.82 Å². The SMILES string of the molecule is CCCn1ccnc1CNCC(O)c1ccsc1. The zero-order chi connectivity index (χ0) is 12.8. The molecule has 0 aliphatic rings. The number of aliphatic hydroxyl groups excluding tert-OH is 1. The van der Waals surface area contributed by atoms with Crippen molar-refractivity contribution in [3.63, 3.8) is 0 Å². The van der Waals surface area contributed by atoms with Gasteiger partial charge < -0.3 is 15.0 Å². The smallest absolute Gasteiger partial charge is 0.122 e. The largest absolute Gasteiger partial charge is 0.387 e. The van der Waals surface area contributed by atoms with Gasteiger partial charge in [-0.1, -0.05) is 6.92 Å². The third-order valence-corrected chi connectivity index (χ3v) is 3.52. The topological polar surface area (TPSA) is 50.1 Å². The molecule has 0 aliphatic carbocycles. The van der Waals surface area contributed by atoms with Crippen molar-refractivity contribution in [3.05, 3.63) is 40.6 Å². The molecule has 1 unspecified atom stereocenters. The Bertz CT molecular complexity index is 453. The molecule has 2 heterocycles. The van der Waals surface area contributed by atoms with Crippen LogP contribution in [0.1, 0.15) is 30.8 Å². The highest BCUT2D eigenvalue weighted by Gasteiger charge is 2.08. The van der Waals surface area contributed by atoms with Crippen LogP contribution in [0.3, 0.4) is 0 Å². The predicted octanol–water partition coefficient (Wildman–Crippen LogP) is 2.18. The van der Waals surface area contributed by atoms with E-state index in [2.05, 4.69) is 21.8 Å². The molecule has 2 rings (SSSR count). The zero-order valence-corrected chi connectivity index (χ0v) is 11.4. The van der Waals surface area contributed by atoms with Crippen LogP contribution in [0, 0.1) is 0 Å². The fourth-order valence-corrected chi connectivity index (χ4v) is 2.56. The monoisotopic (exact) mass is 265 g/mol. The van der Waals surface area contributed by atoms with Gasteiger partial charge in [-0.05, 0) is 28.8 Å². The van der Waals surface area contributed by atoms with Crippen LogP contribution in [0.25, 0.3) is 0 Å². The zero-order valence-electron chi connectivity index (χ0n) is 10.5. The number of imidazole rings is 1. The average molecular weight is 265 g/mol. The molecule has 0 radical (unpaired) electrons. The fourth-order valence-electron chi connectivity index (χ4n) is 1.85. The van der Waals surface area contributed by atoms with Crippen LogP contribution in [0.15, 0.2) is 29.2 Å². The minimum atomic E-state index is -0.439. The average Bonchev–Trinajstić information content (AvgIpc) is 3.01. The van der Waals surface area contributed by atoms with E-state index in [0.29, 0.717) is 13.1 Å². The van der Waals surface area contributed by atoms with Crippen molar-refractivity contribution in [2.75, 3.05) is 6.54 Å². The first kappa shape index (κ1) is 13.3. The second-order valence-corrected chi connectivity index (χ2v) is 5.02. The van der Waals surface area contributed by atoms with Crippen LogP contribution < -0.4 is 5.32 Å². The summed E-state index contributed by atoms with van der Waals surface area (Å²) in [5.41, 5.74) is 0.976. The molecule has 2 aromatic heterocycles. The van der Waals surface area contributed by atoms with E-state index in [-0.39, 0.29) is 0 Å². The van der Waals surface area contributed by atoms with E-state index in [9.17, 15) is 5.11 Å². The fraction of sp³-hybridized carbons (Fsp3) is 0.462. The maximum Gasteiger partial charge on any atom is 0.122 e. The maximum atomic E-state index is 9.93. The highest BCUT2D eigenvalue weighted by atomic mass is 32.1. The van der Waals surface area contributed by atoms with Crippen molar-refractivity contribution < 1.29 is 5.11 Å². The molecule has 0 fully saturated rings. The van der Waals surface area contributed by atoms with Gasteiger partial charge in [0.2, 0.25) is 0 Å². The van der Waals surface area contributed by atoms with E-state index < -0.39 is 6.10 Å². The van der Waals surface area contributed by atoms with Crippen molar-refractivity contribution in [1.29, 1.82) is 0 Å². The Morgan fingerprint density at radius 1 is 1.56 bits per heavy atom. The summed E-state index contributed by atoms with van der Waals surface area (Å²) in [5.74, 6) is 1.02. The number of aliphatic hydroxyl groups is 1. The van der Waals surface area contributed by atoms with Crippen molar-refractivity contribution in [2.24, 2.45) is 0 Å². The second-order valence-electron chi connectivity index (χ2n) is 4.24. The Kier molecular flexibility index (Phi) is 4.92. The van der Waals surface area contributed by atoms with Gasteiger partial charge in [-0.15, -0.1) is 0 Å². The minimum absolute atomic E-state index is 0.439. The summed E-state index contributed by atoms with van der Waals surface area (Å²) in [4.78, 5) is 4.32. The number of hydrogen-bond donors (Lipinski definition) is 2. The van der Waals surface area contributed by atoms with Gasteiger partial charge in [-0.3, -0.25) is 0 Å². The molecule has 0 amide bonds. The summed E-state index contributed by atoms with van der Waals surface area (Å²) >= 11 is 1.60. The van der Waals surface area contributed by atoms with E-state index in [1.807, 2.05) is 29.2 Å². The van der Waals surface area contributed by atoms with Gasteiger partial charge in [0.15, 0.2) is 0 Å². The predicted molar refractivity (Wildman–Crippen MR) is 73.5 cm³/mol. The third kappa shape index (κ3) is 3.41. The molecule has 0 bridgehead atoms. The van der Waals surface area contributed by atoms with Crippen LogP contribution in [-0.2, 0) is 13.1 Å². The molecule has 0 aromatic carbocycles. The molecule has 0 spiro atoms. The molecule has 98 valence electrons. The normalized spacial score (nSPS) is 12.8. The molecule has 2 N–H and O–H groups in total. The van der Waals surface area contributed by atoms with Gasteiger partial charge in [-0.2, -0.15) is 11.3 Å². The van der Waals surface area contributed by atoms with E-state index in [4.69, 9.17) is 0 Å². The van der Waals surface area contributed by atoms with Crippen molar-refractivity contribution in [3.8, 4) is 0 Å². The van der Waals surface area contributed by atoms with Gasteiger partial charge in [0, 0.05) is 25.5 Å². The summed E-state index contributed by atoms with van der Waals surface area (Å²) < 4.78 is 2.14. The van der Waals surface area contributed by atoms with Gasteiger partial charge in [0.05, 0.1) is 12.6 Å². The van der Waals surface area contributed by atoms with Crippen LogP contribution in [-0.4, -0.2) is 21.2 Å². The van der Waals surface area contributed by atoms with E-state index in [1.165, 1.54) is 0 Å². The van der Waals surface area contributed by atoms with E-state index >= 15 is 0 Å². The Labute approximate surface area is 111 Å². The quantitative estimate of drug-likeness (QED) is 0.806. The van der Waals surface area contributed by atoms with Crippen molar-refractivity contribution >= 4 is 11.3 Å². The number of rotatable bonds is 7. The van der Waals surface area contributed by atoms with Crippen molar-refractivity contribution in [1.82, 2.24) is 14.9 Å². The van der Waals surface area contributed by atoms with E-state index in [0.717, 1.165) is 24.4 Å². The molecular formula is C13H19N3OS. The standard InChI is InChI=1S/C13H19N3OS/c1-2-5-16-6-4-15-13(16)9-14-8-12(17)11-3-7-18-10-11/h3-4,6-7,10,12,14,17H,2,5,8-9H2,1H3. The summed E-state index contributed by atoms with van der Waals surface area (Å²) in [5, 5.41) is 17.1. The first-order chi connectivity index (χ1) is 8.81. The third-order valence-electron chi connectivity index (χ3n) is 2.81. The second kappa shape index (κ2) is 6.68. The lowest BCUT2D eigenvalue weighted by molar-refractivity contribution is 0.174. The summed E-state index contributed by atoms with van der Waals surface area (Å²) in [7, 11) is 0. The Morgan fingerprint density at radius 2 is 2.44 bits per heavy atom. The lowest BCUT2D eigenvalue weighted by Crippen LogP contribution is -2.22. The molecule has 0 saturated heterocycles. The number of aromatic nitrogens is 2. The number of nitrogens with one attached hydrogen (secondary N) is 1. The molecule has 2 aromatic rings. The van der Waals surface area contributed by atoms with E-state index in [1.54, 1.807) is 11.3 Å². The molecule has 18 heavy (non-hydrogen) atoms. The number of nitrogens with zero attached hydrogens (tertiary/aromatic N) is 2. The van der Waals surface area contributed by atoms with Crippen LogP contribution >= 0.6 is 11.3 Å². The Hall–Kier alpha value is -1.17. The number of aryl methyl sites for hydroxylation is 1. The number of thiophene rings is 1. The maximum absolute atomic E-state index is 9.93. The molecule has 1 atom stereocenters. The first-order valence-corrected chi connectivity index (χ1v) is 7.16. The molecule has 5 heteroatoms. The Morgan fingerprint density at radius 3 is 3.17 bits per heavy atom. The first-order valence-electron chi connectivity index (χ1n) is 6.22. The summed E-state index contributed by atoms with van der Waals surface area (Å²) in [6.45, 7) is 4.38. The van der Waals surface area contributed by atoms with Crippen LogP contribution in [0.2, 0.25) is 0 Å². The van der Waals surface area contributed by atoms with Crippen LogP contribution in [0.5, 0.6) is 0 Å². The molecular weight excluding hydrogens is 246 g/mol. The summed E-state index contributed by atoms with van der Waals surface area (Å²) in [6.07, 6.45) is 4.48. The highest BCUT2D eigenvalue weighted by Crippen LogP contribution is 2.15. The highest BCUT2D eigenvalue weighted by molar-refractivity contribution is 7.07. The molecule has 0 aliphatic heterocycles. The van der Waals surface area contributed by atoms with Gasteiger partial charge >= 0.3 is 0 Å². The lowest BCUT2D eigenvalue weighted by atomic mass is 10.2.